The van der Waals surface area contributed by atoms with Crippen LogP contribution in [0.1, 0.15) is 12.0 Å². The van der Waals surface area contributed by atoms with Gasteiger partial charge in [-0.3, -0.25) is 4.68 Å². The Kier molecular flexibility index (Phi) is 4.81. The van der Waals surface area contributed by atoms with Crippen molar-refractivity contribution in [3.63, 3.8) is 0 Å². The lowest BCUT2D eigenvalue weighted by Gasteiger charge is -2.10. The lowest BCUT2D eigenvalue weighted by molar-refractivity contribution is 0.570. The molecule has 0 radical (unpaired) electrons. The van der Waals surface area contributed by atoms with Crippen molar-refractivity contribution in [1.29, 1.82) is 5.26 Å². The van der Waals surface area contributed by atoms with Crippen LogP contribution in [0.5, 0.6) is 0 Å². The monoisotopic (exact) mass is 273 g/mol. The molecule has 1 heterocycles. The fourth-order valence-corrected chi connectivity index (χ4v) is 2.35. The SMILES string of the molecule is CSc1cccc(NCCCn2ccnn2)c1C#N. The van der Waals surface area contributed by atoms with Gasteiger partial charge >= 0.3 is 0 Å². The number of benzene rings is 1. The summed E-state index contributed by atoms with van der Waals surface area (Å²) in [4.78, 5) is 1.00. The number of anilines is 1. The number of thioether (sulfide) groups is 1. The first kappa shape index (κ1) is 13.4. The first-order chi connectivity index (χ1) is 9.35. The predicted molar refractivity (Wildman–Crippen MR) is 76.1 cm³/mol. The molecule has 5 nitrogen and oxygen atoms in total. The predicted octanol–water partition coefficient (Wildman–Crippen LogP) is 2.37. The Balaban J connectivity index is 1.91. The highest BCUT2D eigenvalue weighted by molar-refractivity contribution is 7.98. The molecule has 0 fully saturated rings. The van der Waals surface area contributed by atoms with Crippen molar-refractivity contribution < 1.29 is 0 Å². The highest BCUT2D eigenvalue weighted by atomic mass is 32.2. The minimum atomic E-state index is 0.718. The third-order valence-electron chi connectivity index (χ3n) is 2.71. The second-order valence-electron chi connectivity index (χ2n) is 3.94. The van der Waals surface area contributed by atoms with Gasteiger partial charge in [0.05, 0.1) is 17.4 Å². The number of nitrogens with zero attached hydrogens (tertiary/aromatic N) is 4. The summed E-state index contributed by atoms with van der Waals surface area (Å²) >= 11 is 1.59. The minimum absolute atomic E-state index is 0.718. The van der Waals surface area contributed by atoms with Gasteiger partial charge in [-0.1, -0.05) is 11.3 Å². The molecule has 0 bridgehead atoms. The van der Waals surface area contributed by atoms with Crippen molar-refractivity contribution in [3.05, 3.63) is 36.2 Å². The molecule has 0 saturated carbocycles. The summed E-state index contributed by atoms with van der Waals surface area (Å²) in [5, 5.41) is 20.2. The van der Waals surface area contributed by atoms with Gasteiger partial charge in [0, 0.05) is 24.2 Å². The molecule has 1 aromatic carbocycles. The zero-order chi connectivity index (χ0) is 13.5. The van der Waals surface area contributed by atoms with Crippen LogP contribution in [-0.2, 0) is 6.54 Å². The third kappa shape index (κ3) is 3.48. The van der Waals surface area contributed by atoms with Crippen molar-refractivity contribution in [2.45, 2.75) is 17.9 Å². The molecule has 0 amide bonds. The van der Waals surface area contributed by atoms with Gasteiger partial charge in [0.1, 0.15) is 6.07 Å². The van der Waals surface area contributed by atoms with Crippen molar-refractivity contribution in [1.82, 2.24) is 15.0 Å². The smallest absolute Gasteiger partial charge is 0.102 e. The average molecular weight is 273 g/mol. The topological polar surface area (TPSA) is 66.5 Å². The number of nitrogens with one attached hydrogen (secondary N) is 1. The quantitative estimate of drug-likeness (QED) is 0.646. The molecule has 0 aliphatic carbocycles. The number of aryl methyl sites for hydroxylation is 1. The summed E-state index contributed by atoms with van der Waals surface area (Å²) < 4.78 is 1.80. The first-order valence-electron chi connectivity index (χ1n) is 6.00. The largest absolute Gasteiger partial charge is 0.384 e. The Morgan fingerprint density at radius 3 is 3.05 bits per heavy atom. The number of rotatable bonds is 6. The highest BCUT2D eigenvalue weighted by Gasteiger charge is 2.06. The lowest BCUT2D eigenvalue weighted by atomic mass is 10.2. The van der Waals surface area contributed by atoms with Gasteiger partial charge in [-0.15, -0.1) is 16.9 Å². The van der Waals surface area contributed by atoms with Crippen molar-refractivity contribution in [3.8, 4) is 6.07 Å². The molecule has 2 rings (SSSR count). The number of hydrogen-bond donors (Lipinski definition) is 1. The van der Waals surface area contributed by atoms with E-state index < -0.39 is 0 Å². The maximum Gasteiger partial charge on any atom is 0.102 e. The Morgan fingerprint density at radius 1 is 1.47 bits per heavy atom. The van der Waals surface area contributed by atoms with Crippen LogP contribution >= 0.6 is 11.8 Å². The van der Waals surface area contributed by atoms with Crippen LogP contribution < -0.4 is 5.32 Å². The zero-order valence-corrected chi connectivity index (χ0v) is 11.5. The molecule has 0 saturated heterocycles. The lowest BCUT2D eigenvalue weighted by Crippen LogP contribution is -2.08. The number of aromatic nitrogens is 3. The molecule has 0 unspecified atom stereocenters. The summed E-state index contributed by atoms with van der Waals surface area (Å²) in [6.45, 7) is 1.61. The van der Waals surface area contributed by atoms with Crippen LogP contribution in [0.2, 0.25) is 0 Å². The first-order valence-corrected chi connectivity index (χ1v) is 7.22. The molecular weight excluding hydrogens is 258 g/mol. The maximum atomic E-state index is 9.21. The third-order valence-corrected chi connectivity index (χ3v) is 3.49. The van der Waals surface area contributed by atoms with Crippen LogP contribution in [0.25, 0.3) is 0 Å². The van der Waals surface area contributed by atoms with Crippen LogP contribution in [0.15, 0.2) is 35.5 Å². The van der Waals surface area contributed by atoms with E-state index in [1.165, 1.54) is 0 Å². The van der Waals surface area contributed by atoms with Gasteiger partial charge in [-0.25, -0.2) is 0 Å². The fraction of sp³-hybridized carbons (Fsp3) is 0.308. The van der Waals surface area contributed by atoms with Crippen molar-refractivity contribution in [2.24, 2.45) is 0 Å². The van der Waals surface area contributed by atoms with E-state index in [1.54, 1.807) is 22.6 Å². The Bertz CT molecular complexity index is 559. The van der Waals surface area contributed by atoms with Gasteiger partial charge < -0.3 is 5.32 Å². The van der Waals surface area contributed by atoms with Crippen molar-refractivity contribution >= 4 is 17.4 Å². The van der Waals surface area contributed by atoms with E-state index in [1.807, 2.05) is 30.7 Å². The van der Waals surface area contributed by atoms with Crippen molar-refractivity contribution in [2.75, 3.05) is 18.1 Å². The molecule has 0 aliphatic rings. The van der Waals surface area contributed by atoms with E-state index >= 15 is 0 Å². The summed E-state index contributed by atoms with van der Waals surface area (Å²) in [5.41, 5.74) is 1.61. The molecule has 1 N–H and O–H groups in total. The zero-order valence-electron chi connectivity index (χ0n) is 10.7. The normalized spacial score (nSPS) is 10.1. The van der Waals surface area contributed by atoms with E-state index in [0.29, 0.717) is 0 Å². The van der Waals surface area contributed by atoms with Crippen LogP contribution in [0.3, 0.4) is 0 Å². The van der Waals surface area contributed by atoms with Crippen LogP contribution in [0.4, 0.5) is 5.69 Å². The molecule has 0 aliphatic heterocycles. The summed E-state index contributed by atoms with van der Waals surface area (Å²) in [7, 11) is 0. The Hall–Kier alpha value is -2.00. The number of hydrogen-bond acceptors (Lipinski definition) is 5. The van der Waals surface area contributed by atoms with E-state index in [9.17, 15) is 5.26 Å². The summed E-state index contributed by atoms with van der Waals surface area (Å²) in [6, 6.07) is 8.12. The molecule has 19 heavy (non-hydrogen) atoms. The highest BCUT2D eigenvalue weighted by Crippen LogP contribution is 2.26. The van der Waals surface area contributed by atoms with Crippen LogP contribution in [0, 0.1) is 11.3 Å². The van der Waals surface area contributed by atoms with Gasteiger partial charge in [-0.2, -0.15) is 5.26 Å². The molecule has 1 aromatic heterocycles. The second kappa shape index (κ2) is 6.81. The molecule has 0 atom stereocenters. The van der Waals surface area contributed by atoms with Crippen LogP contribution in [-0.4, -0.2) is 27.8 Å². The van der Waals surface area contributed by atoms with Gasteiger partial charge in [0.2, 0.25) is 0 Å². The van der Waals surface area contributed by atoms with E-state index in [2.05, 4.69) is 21.7 Å². The molecule has 0 spiro atoms. The Labute approximate surface area is 116 Å². The molecular formula is C13H15N5S. The standard InChI is InChI=1S/C13H15N5S/c1-19-13-5-2-4-12(11(13)10-14)15-6-3-8-18-9-7-16-17-18/h2,4-5,7,9,15H,3,6,8H2,1H3. The summed E-state index contributed by atoms with van der Waals surface area (Å²) in [6.07, 6.45) is 6.42. The fourth-order valence-electron chi connectivity index (χ4n) is 1.78. The van der Waals surface area contributed by atoms with Gasteiger partial charge in [0.25, 0.3) is 0 Å². The maximum absolute atomic E-state index is 9.21. The Morgan fingerprint density at radius 2 is 2.37 bits per heavy atom. The minimum Gasteiger partial charge on any atom is -0.384 e. The van der Waals surface area contributed by atoms with E-state index in [0.717, 1.165) is 35.7 Å². The summed E-state index contributed by atoms with van der Waals surface area (Å²) in [5.74, 6) is 0. The molecule has 2 aromatic rings. The second-order valence-corrected chi connectivity index (χ2v) is 4.79. The van der Waals surface area contributed by atoms with Gasteiger partial charge in [0.15, 0.2) is 0 Å². The van der Waals surface area contributed by atoms with Gasteiger partial charge in [-0.05, 0) is 24.8 Å². The molecule has 98 valence electrons. The van der Waals surface area contributed by atoms with E-state index in [4.69, 9.17) is 0 Å². The molecule has 6 heteroatoms. The van der Waals surface area contributed by atoms with E-state index in [-0.39, 0.29) is 0 Å². The number of nitriles is 1. The average Bonchev–Trinajstić information content (AvgIpc) is 2.96.